The molecule has 0 bridgehead atoms. The van der Waals surface area contributed by atoms with Crippen molar-refractivity contribution in [2.24, 2.45) is 0 Å². The summed E-state index contributed by atoms with van der Waals surface area (Å²) in [7, 11) is -3.50. The average Bonchev–Trinajstić information content (AvgIpc) is 2.34. The number of nitrogens with one attached hydrogen (secondary N) is 1. The van der Waals surface area contributed by atoms with E-state index in [0.717, 1.165) is 6.26 Å². The fourth-order valence-electron chi connectivity index (χ4n) is 1.43. The molecule has 0 amide bonds. The number of halogens is 1. The molecule has 1 N–H and O–H groups in total. The van der Waals surface area contributed by atoms with E-state index in [9.17, 15) is 18.0 Å². The van der Waals surface area contributed by atoms with E-state index in [1.54, 1.807) is 12.1 Å². The third-order valence-electron chi connectivity index (χ3n) is 2.28. The van der Waals surface area contributed by atoms with Crippen molar-refractivity contribution >= 4 is 43.4 Å². The number of esters is 1. The maximum absolute atomic E-state index is 11.6. The van der Waals surface area contributed by atoms with Gasteiger partial charge in [-0.25, -0.2) is 8.42 Å². The minimum atomic E-state index is -3.50. The highest BCUT2D eigenvalue weighted by molar-refractivity contribution is 9.09. The van der Waals surface area contributed by atoms with E-state index >= 15 is 0 Å². The molecule has 6 nitrogen and oxygen atoms in total. The summed E-state index contributed by atoms with van der Waals surface area (Å²) in [6.07, 6.45) is 1.00. The Morgan fingerprint density at radius 3 is 2.50 bits per heavy atom. The van der Waals surface area contributed by atoms with Crippen LogP contribution in [0.4, 0.5) is 5.69 Å². The van der Waals surface area contributed by atoms with Gasteiger partial charge in [-0.05, 0) is 6.07 Å². The van der Waals surface area contributed by atoms with Gasteiger partial charge in [0.1, 0.15) is 6.61 Å². The number of rotatable bonds is 6. The van der Waals surface area contributed by atoms with Crippen LogP contribution in [0, 0.1) is 0 Å². The molecule has 0 aliphatic rings. The zero-order valence-electron chi connectivity index (χ0n) is 11.0. The van der Waals surface area contributed by atoms with Crippen molar-refractivity contribution in [3.05, 3.63) is 29.3 Å². The molecule has 0 atom stereocenters. The molecule has 0 spiro atoms. The van der Waals surface area contributed by atoms with Crippen LogP contribution in [0.15, 0.2) is 18.2 Å². The largest absolute Gasteiger partial charge is 0.461 e. The maximum Gasteiger partial charge on any atom is 0.302 e. The van der Waals surface area contributed by atoms with Crippen molar-refractivity contribution in [3.63, 3.8) is 0 Å². The Hall–Kier alpha value is -1.41. The Bertz CT molecular complexity index is 627. The van der Waals surface area contributed by atoms with Crippen LogP contribution in [-0.2, 0) is 26.2 Å². The maximum atomic E-state index is 11.6. The van der Waals surface area contributed by atoms with Crippen LogP contribution in [-0.4, -0.2) is 31.8 Å². The second-order valence-corrected chi connectivity index (χ2v) is 6.39. The molecule has 110 valence electrons. The van der Waals surface area contributed by atoms with E-state index in [-0.39, 0.29) is 23.4 Å². The van der Waals surface area contributed by atoms with Crippen LogP contribution in [0.3, 0.4) is 0 Å². The molecule has 1 aromatic carbocycles. The summed E-state index contributed by atoms with van der Waals surface area (Å²) in [5.74, 6) is -0.656. The Morgan fingerprint density at radius 1 is 1.35 bits per heavy atom. The van der Waals surface area contributed by atoms with Crippen molar-refractivity contribution in [3.8, 4) is 0 Å². The van der Waals surface area contributed by atoms with E-state index in [2.05, 4.69) is 20.7 Å². The van der Waals surface area contributed by atoms with Crippen molar-refractivity contribution in [2.75, 3.05) is 16.3 Å². The molecule has 1 rings (SSSR count). The molecular weight excluding hydrogens is 350 g/mol. The highest BCUT2D eigenvalue weighted by atomic mass is 79.9. The first-order chi connectivity index (χ1) is 9.23. The fourth-order valence-corrected chi connectivity index (χ4v) is 2.34. The number of Topliss-reactive ketones (excluding diaryl/α,β-unsaturated/α-hetero) is 1. The molecule has 0 fully saturated rings. The lowest BCUT2D eigenvalue weighted by molar-refractivity contribution is -0.142. The Labute approximate surface area is 125 Å². The van der Waals surface area contributed by atoms with E-state index in [1.807, 2.05) is 0 Å². The van der Waals surface area contributed by atoms with Crippen molar-refractivity contribution in [1.29, 1.82) is 0 Å². The molecule has 0 saturated heterocycles. The zero-order valence-corrected chi connectivity index (χ0v) is 13.4. The van der Waals surface area contributed by atoms with Crippen molar-refractivity contribution in [2.45, 2.75) is 13.5 Å². The number of ketones is 1. The van der Waals surface area contributed by atoms with Gasteiger partial charge in [0.2, 0.25) is 10.0 Å². The van der Waals surface area contributed by atoms with Crippen molar-refractivity contribution in [1.82, 2.24) is 0 Å². The zero-order chi connectivity index (χ0) is 15.3. The molecular formula is C12H14BrNO5S. The SMILES string of the molecule is CC(=O)OCc1ccc(C(=O)CBr)cc1NS(C)(=O)=O. The summed E-state index contributed by atoms with van der Waals surface area (Å²) < 4.78 is 29.8. The van der Waals surface area contributed by atoms with Crippen molar-refractivity contribution < 1.29 is 22.7 Å². The summed E-state index contributed by atoms with van der Waals surface area (Å²) in [6.45, 7) is 1.18. The molecule has 0 saturated carbocycles. The van der Waals surface area contributed by atoms with E-state index in [1.165, 1.54) is 13.0 Å². The fraction of sp³-hybridized carbons (Fsp3) is 0.333. The molecule has 0 heterocycles. The number of anilines is 1. The lowest BCUT2D eigenvalue weighted by atomic mass is 10.1. The highest BCUT2D eigenvalue weighted by Crippen LogP contribution is 2.21. The van der Waals surface area contributed by atoms with Gasteiger partial charge in [0.25, 0.3) is 0 Å². The van der Waals surface area contributed by atoms with Gasteiger partial charge in [0.05, 0.1) is 17.3 Å². The van der Waals surface area contributed by atoms with E-state index in [4.69, 9.17) is 4.74 Å². The quantitative estimate of drug-likeness (QED) is 0.472. The number of hydrogen-bond donors (Lipinski definition) is 1. The third kappa shape index (κ3) is 5.30. The molecule has 0 unspecified atom stereocenters. The summed E-state index contributed by atoms with van der Waals surface area (Å²) >= 11 is 3.05. The Balaban J connectivity index is 3.15. The van der Waals surface area contributed by atoms with Gasteiger partial charge in [0, 0.05) is 18.1 Å². The number of alkyl halides is 1. The van der Waals surface area contributed by atoms with Crippen LogP contribution in [0.5, 0.6) is 0 Å². The molecule has 0 radical (unpaired) electrons. The van der Waals surface area contributed by atoms with Crippen LogP contribution < -0.4 is 4.72 Å². The second kappa shape index (κ2) is 6.85. The number of sulfonamides is 1. The first kappa shape index (κ1) is 16.6. The standard InChI is InChI=1S/C12H14BrNO5S/c1-8(15)19-7-10-4-3-9(12(16)6-13)5-11(10)14-20(2,17)18/h3-5,14H,6-7H2,1-2H3. The van der Waals surface area contributed by atoms with Gasteiger partial charge in [-0.15, -0.1) is 0 Å². The van der Waals surface area contributed by atoms with E-state index < -0.39 is 16.0 Å². The minimum Gasteiger partial charge on any atom is -0.461 e. The number of hydrogen-bond acceptors (Lipinski definition) is 5. The smallest absolute Gasteiger partial charge is 0.302 e. The van der Waals surface area contributed by atoms with Gasteiger partial charge < -0.3 is 4.74 Å². The average molecular weight is 364 g/mol. The van der Waals surface area contributed by atoms with Gasteiger partial charge in [-0.2, -0.15) is 0 Å². The summed E-state index contributed by atoms with van der Waals surface area (Å²) in [6, 6.07) is 4.52. The summed E-state index contributed by atoms with van der Waals surface area (Å²) in [4.78, 5) is 22.4. The lowest BCUT2D eigenvalue weighted by Gasteiger charge is -2.12. The van der Waals surface area contributed by atoms with E-state index in [0.29, 0.717) is 11.1 Å². The normalized spacial score (nSPS) is 10.9. The Kier molecular flexibility index (Phi) is 5.70. The van der Waals surface area contributed by atoms with Crippen LogP contribution in [0.25, 0.3) is 0 Å². The summed E-state index contributed by atoms with van der Waals surface area (Å²) in [5.41, 5.74) is 1.05. The monoisotopic (exact) mass is 363 g/mol. The predicted molar refractivity (Wildman–Crippen MR) is 78.5 cm³/mol. The number of benzene rings is 1. The molecule has 0 aliphatic heterocycles. The molecule has 0 aromatic heterocycles. The highest BCUT2D eigenvalue weighted by Gasteiger charge is 2.12. The first-order valence-corrected chi connectivity index (χ1v) is 8.57. The topological polar surface area (TPSA) is 89.5 Å². The molecule has 8 heteroatoms. The Morgan fingerprint density at radius 2 is 2.00 bits per heavy atom. The van der Waals surface area contributed by atoms with Crippen LogP contribution in [0.2, 0.25) is 0 Å². The molecule has 0 aliphatic carbocycles. The number of ether oxygens (including phenoxy) is 1. The lowest BCUT2D eigenvalue weighted by Crippen LogP contribution is -2.13. The third-order valence-corrected chi connectivity index (χ3v) is 3.38. The van der Waals surface area contributed by atoms with Gasteiger partial charge in [-0.3, -0.25) is 14.3 Å². The van der Waals surface area contributed by atoms with Crippen LogP contribution in [0.1, 0.15) is 22.8 Å². The summed E-state index contributed by atoms with van der Waals surface area (Å²) in [5, 5.41) is 0.134. The minimum absolute atomic E-state index is 0.0734. The van der Waals surface area contributed by atoms with Gasteiger partial charge in [0.15, 0.2) is 5.78 Å². The molecule has 20 heavy (non-hydrogen) atoms. The first-order valence-electron chi connectivity index (χ1n) is 5.56. The van der Waals surface area contributed by atoms with Gasteiger partial charge in [-0.1, -0.05) is 28.1 Å². The number of carbonyl (C=O) groups is 2. The number of carbonyl (C=O) groups excluding carboxylic acids is 2. The van der Waals surface area contributed by atoms with Gasteiger partial charge >= 0.3 is 5.97 Å². The molecule has 1 aromatic rings. The predicted octanol–water partition coefficient (Wildman–Crippen LogP) is 1.70. The van der Waals surface area contributed by atoms with Crippen LogP contribution >= 0.6 is 15.9 Å². The second-order valence-electron chi connectivity index (χ2n) is 4.08.